The molecule has 2 heteroatoms. The van der Waals surface area contributed by atoms with Crippen LogP contribution in [0.1, 0.15) is 0 Å². The van der Waals surface area contributed by atoms with Crippen LogP contribution in [-0.4, -0.2) is 9.67 Å². The van der Waals surface area contributed by atoms with Crippen LogP contribution in [-0.2, 0) is 7.05 Å². The first kappa shape index (κ1) is 13.6. The standard InChI is InChI=1S/C21H17NO/c1-22-20(15-5-3-2-4-6-15)11-12-21(22)18-8-7-17-14-19(23)10-9-16(17)13-18/h2-14,23H,1H3. The van der Waals surface area contributed by atoms with Crippen LogP contribution in [0, 0.1) is 0 Å². The van der Waals surface area contributed by atoms with E-state index >= 15 is 0 Å². The van der Waals surface area contributed by atoms with Crippen LogP contribution >= 0.6 is 0 Å². The third-order valence-electron chi connectivity index (χ3n) is 4.31. The molecule has 1 heterocycles. The summed E-state index contributed by atoms with van der Waals surface area (Å²) in [6.07, 6.45) is 0. The van der Waals surface area contributed by atoms with E-state index in [1.54, 1.807) is 12.1 Å². The van der Waals surface area contributed by atoms with Gasteiger partial charge in [-0.1, -0.05) is 48.5 Å². The van der Waals surface area contributed by atoms with Gasteiger partial charge in [-0.2, -0.15) is 0 Å². The van der Waals surface area contributed by atoms with E-state index in [4.69, 9.17) is 0 Å². The highest BCUT2D eigenvalue weighted by molar-refractivity contribution is 5.88. The Kier molecular flexibility index (Phi) is 3.16. The van der Waals surface area contributed by atoms with Crippen molar-refractivity contribution in [1.29, 1.82) is 0 Å². The van der Waals surface area contributed by atoms with Crippen molar-refractivity contribution in [1.82, 2.24) is 4.57 Å². The number of rotatable bonds is 2. The van der Waals surface area contributed by atoms with Gasteiger partial charge in [0.2, 0.25) is 0 Å². The summed E-state index contributed by atoms with van der Waals surface area (Å²) in [4.78, 5) is 0. The smallest absolute Gasteiger partial charge is 0.116 e. The highest BCUT2D eigenvalue weighted by Gasteiger charge is 2.09. The lowest BCUT2D eigenvalue weighted by molar-refractivity contribution is 0.476. The Morgan fingerprint density at radius 3 is 2.09 bits per heavy atom. The maximum atomic E-state index is 9.59. The molecule has 0 unspecified atom stereocenters. The Morgan fingerprint density at radius 1 is 0.652 bits per heavy atom. The summed E-state index contributed by atoms with van der Waals surface area (Å²) in [5, 5.41) is 11.8. The van der Waals surface area contributed by atoms with E-state index in [1.807, 2.05) is 12.1 Å². The minimum Gasteiger partial charge on any atom is -0.508 e. The lowest BCUT2D eigenvalue weighted by Crippen LogP contribution is -1.94. The second-order valence-corrected chi connectivity index (χ2v) is 5.78. The van der Waals surface area contributed by atoms with Crippen LogP contribution < -0.4 is 0 Å². The number of fused-ring (bicyclic) bond motifs is 1. The zero-order chi connectivity index (χ0) is 15.8. The minimum absolute atomic E-state index is 0.301. The zero-order valence-electron chi connectivity index (χ0n) is 12.9. The number of aromatic hydroxyl groups is 1. The molecule has 0 atom stereocenters. The van der Waals surface area contributed by atoms with Crippen LogP contribution in [0.5, 0.6) is 5.75 Å². The van der Waals surface area contributed by atoms with Crippen molar-refractivity contribution in [3.05, 3.63) is 78.9 Å². The molecule has 0 saturated carbocycles. The van der Waals surface area contributed by atoms with Gasteiger partial charge in [-0.25, -0.2) is 0 Å². The van der Waals surface area contributed by atoms with Crippen LogP contribution in [0.4, 0.5) is 0 Å². The molecule has 0 bridgehead atoms. The van der Waals surface area contributed by atoms with Gasteiger partial charge < -0.3 is 9.67 Å². The van der Waals surface area contributed by atoms with Gasteiger partial charge in [0.1, 0.15) is 5.75 Å². The first-order valence-corrected chi connectivity index (χ1v) is 7.67. The number of phenolic OH excluding ortho intramolecular Hbond substituents is 1. The average molecular weight is 299 g/mol. The Hall–Kier alpha value is -3.00. The molecule has 4 rings (SSSR count). The van der Waals surface area contributed by atoms with Gasteiger partial charge in [0.25, 0.3) is 0 Å². The molecular formula is C21H17NO. The van der Waals surface area contributed by atoms with E-state index in [9.17, 15) is 5.11 Å². The Morgan fingerprint density at radius 2 is 1.30 bits per heavy atom. The van der Waals surface area contributed by atoms with Crippen LogP contribution in [0.3, 0.4) is 0 Å². The number of phenols is 1. The molecule has 1 aromatic heterocycles. The Bertz CT molecular complexity index is 983. The number of hydrogen-bond acceptors (Lipinski definition) is 1. The number of hydrogen-bond donors (Lipinski definition) is 1. The van der Waals surface area contributed by atoms with Crippen LogP contribution in [0.2, 0.25) is 0 Å². The molecule has 0 radical (unpaired) electrons. The van der Waals surface area contributed by atoms with Crippen LogP contribution in [0.15, 0.2) is 78.9 Å². The lowest BCUT2D eigenvalue weighted by Gasteiger charge is -2.09. The molecule has 3 aromatic carbocycles. The fraction of sp³-hybridized carbons (Fsp3) is 0.0476. The quantitative estimate of drug-likeness (QED) is 0.539. The molecular weight excluding hydrogens is 282 g/mol. The predicted octanol–water partition coefficient (Wildman–Crippen LogP) is 5.22. The summed E-state index contributed by atoms with van der Waals surface area (Å²) in [6, 6.07) is 26.5. The number of benzene rings is 3. The summed E-state index contributed by atoms with van der Waals surface area (Å²) in [7, 11) is 2.10. The number of aromatic nitrogens is 1. The Balaban J connectivity index is 1.82. The van der Waals surface area contributed by atoms with Crippen molar-refractivity contribution in [3.8, 4) is 28.3 Å². The van der Waals surface area contributed by atoms with Crippen LogP contribution in [0.25, 0.3) is 33.3 Å². The average Bonchev–Trinajstić information content (AvgIpc) is 2.97. The molecule has 0 aliphatic heterocycles. The molecule has 1 N–H and O–H groups in total. The van der Waals surface area contributed by atoms with Gasteiger partial charge in [0.05, 0.1) is 0 Å². The van der Waals surface area contributed by atoms with Crippen molar-refractivity contribution < 1.29 is 5.11 Å². The van der Waals surface area contributed by atoms with Crippen molar-refractivity contribution in [2.45, 2.75) is 0 Å². The summed E-state index contributed by atoms with van der Waals surface area (Å²) in [5.74, 6) is 0.301. The van der Waals surface area contributed by atoms with Crippen molar-refractivity contribution in [2.24, 2.45) is 7.05 Å². The zero-order valence-corrected chi connectivity index (χ0v) is 12.9. The lowest BCUT2D eigenvalue weighted by atomic mass is 10.0. The number of nitrogens with zero attached hydrogens (tertiary/aromatic N) is 1. The molecule has 0 spiro atoms. The first-order chi connectivity index (χ1) is 11.2. The molecule has 0 fully saturated rings. The molecule has 112 valence electrons. The third kappa shape index (κ3) is 2.38. The second kappa shape index (κ2) is 5.33. The van der Waals surface area contributed by atoms with E-state index in [0.29, 0.717) is 5.75 Å². The van der Waals surface area contributed by atoms with Gasteiger partial charge in [-0.15, -0.1) is 0 Å². The largest absolute Gasteiger partial charge is 0.508 e. The Labute approximate surface area is 135 Å². The normalized spacial score (nSPS) is 11.0. The van der Waals surface area contributed by atoms with Crippen molar-refractivity contribution in [3.63, 3.8) is 0 Å². The van der Waals surface area contributed by atoms with E-state index in [2.05, 4.69) is 66.2 Å². The third-order valence-corrected chi connectivity index (χ3v) is 4.31. The SMILES string of the molecule is Cn1c(-c2ccccc2)ccc1-c1ccc2cc(O)ccc2c1. The van der Waals surface area contributed by atoms with Gasteiger partial charge >= 0.3 is 0 Å². The highest BCUT2D eigenvalue weighted by Crippen LogP contribution is 2.30. The molecule has 0 amide bonds. The summed E-state index contributed by atoms with van der Waals surface area (Å²) >= 11 is 0. The van der Waals surface area contributed by atoms with E-state index < -0.39 is 0 Å². The minimum atomic E-state index is 0.301. The molecule has 0 aliphatic carbocycles. The summed E-state index contributed by atoms with van der Waals surface area (Å²) < 4.78 is 2.22. The topological polar surface area (TPSA) is 25.2 Å². The van der Waals surface area contributed by atoms with E-state index in [-0.39, 0.29) is 0 Å². The van der Waals surface area contributed by atoms with Gasteiger partial charge in [0, 0.05) is 18.4 Å². The summed E-state index contributed by atoms with van der Waals surface area (Å²) in [5.41, 5.74) is 4.77. The maximum Gasteiger partial charge on any atom is 0.116 e. The van der Waals surface area contributed by atoms with Crippen molar-refractivity contribution in [2.75, 3.05) is 0 Å². The molecule has 4 aromatic rings. The summed E-state index contributed by atoms with van der Waals surface area (Å²) in [6.45, 7) is 0. The molecule has 0 saturated heterocycles. The van der Waals surface area contributed by atoms with E-state index in [1.165, 1.54) is 22.5 Å². The van der Waals surface area contributed by atoms with Gasteiger partial charge in [-0.05, 0) is 52.2 Å². The van der Waals surface area contributed by atoms with Gasteiger partial charge in [0.15, 0.2) is 0 Å². The van der Waals surface area contributed by atoms with E-state index in [0.717, 1.165) is 10.8 Å². The maximum absolute atomic E-state index is 9.59. The fourth-order valence-corrected chi connectivity index (χ4v) is 3.09. The molecule has 0 aliphatic rings. The first-order valence-electron chi connectivity index (χ1n) is 7.67. The highest BCUT2D eigenvalue weighted by atomic mass is 16.3. The fourth-order valence-electron chi connectivity index (χ4n) is 3.09. The predicted molar refractivity (Wildman–Crippen MR) is 95.5 cm³/mol. The van der Waals surface area contributed by atoms with Crippen molar-refractivity contribution >= 4 is 10.8 Å². The monoisotopic (exact) mass is 299 g/mol. The second-order valence-electron chi connectivity index (χ2n) is 5.78. The molecule has 23 heavy (non-hydrogen) atoms. The molecule has 2 nitrogen and oxygen atoms in total. The van der Waals surface area contributed by atoms with Gasteiger partial charge in [-0.3, -0.25) is 0 Å².